The number of rotatable bonds is 3. The molecule has 0 saturated carbocycles. The minimum absolute atomic E-state index is 0.123. The first-order valence-corrected chi connectivity index (χ1v) is 4.76. The van der Waals surface area contributed by atoms with Crippen LogP contribution in [0.25, 0.3) is 0 Å². The fourth-order valence-electron chi connectivity index (χ4n) is 1.61. The van der Waals surface area contributed by atoms with Crippen molar-refractivity contribution in [3.05, 3.63) is 0 Å². The molecule has 1 rings (SSSR count). The van der Waals surface area contributed by atoms with Gasteiger partial charge in [-0.15, -0.1) is 11.6 Å². The zero-order chi connectivity index (χ0) is 10.8. The summed E-state index contributed by atoms with van der Waals surface area (Å²) in [5.74, 6) is -3.55. The second-order valence-electron chi connectivity index (χ2n) is 3.32. The highest BCUT2D eigenvalue weighted by molar-refractivity contribution is 6.27. The van der Waals surface area contributed by atoms with Gasteiger partial charge in [-0.05, 0) is 0 Å². The number of halogens is 3. The zero-order valence-electron chi connectivity index (χ0n) is 7.80. The molecule has 1 aliphatic rings. The number of ether oxygens (including phenoxy) is 1. The second kappa shape index (κ2) is 4.40. The molecule has 1 atom stereocenters. The summed E-state index contributed by atoms with van der Waals surface area (Å²) in [5.41, 5.74) is 0. The van der Waals surface area contributed by atoms with Crippen LogP contribution in [0.4, 0.5) is 8.78 Å². The van der Waals surface area contributed by atoms with Gasteiger partial charge in [-0.2, -0.15) is 0 Å². The van der Waals surface area contributed by atoms with Gasteiger partial charge in [0.15, 0.2) is 0 Å². The third-order valence-electron chi connectivity index (χ3n) is 2.17. The predicted octanol–water partition coefficient (Wildman–Crippen LogP) is 1.11. The topological polar surface area (TPSA) is 29.5 Å². The number of alkyl halides is 3. The summed E-state index contributed by atoms with van der Waals surface area (Å²) in [5, 5.41) is 0. The van der Waals surface area contributed by atoms with E-state index in [0.29, 0.717) is 0 Å². The Kier molecular flexibility index (Phi) is 3.66. The summed E-state index contributed by atoms with van der Waals surface area (Å²) in [6.45, 7) is -0.426. The first-order valence-electron chi connectivity index (χ1n) is 4.22. The van der Waals surface area contributed by atoms with E-state index in [1.807, 2.05) is 0 Å². The number of carbonyl (C=O) groups excluding carboxylic acids is 1. The third-order valence-corrected chi connectivity index (χ3v) is 2.40. The fraction of sp³-hybridized carbons (Fsp3) is 0.875. The molecule has 6 heteroatoms. The van der Waals surface area contributed by atoms with E-state index in [2.05, 4.69) is 0 Å². The van der Waals surface area contributed by atoms with Crippen molar-refractivity contribution < 1.29 is 18.3 Å². The molecule has 0 radical (unpaired) electrons. The van der Waals surface area contributed by atoms with Crippen LogP contribution in [-0.2, 0) is 9.53 Å². The number of carbonyl (C=O) groups is 1. The summed E-state index contributed by atoms with van der Waals surface area (Å²) >= 11 is 5.31. The van der Waals surface area contributed by atoms with Gasteiger partial charge in [-0.1, -0.05) is 0 Å². The number of methoxy groups -OCH3 is 1. The molecule has 0 bridgehead atoms. The second-order valence-corrected chi connectivity index (χ2v) is 3.59. The highest BCUT2D eigenvalue weighted by atomic mass is 35.5. The van der Waals surface area contributed by atoms with Crippen molar-refractivity contribution >= 4 is 17.5 Å². The molecule has 0 unspecified atom stereocenters. The van der Waals surface area contributed by atoms with Crippen LogP contribution in [0.15, 0.2) is 0 Å². The van der Waals surface area contributed by atoms with E-state index in [1.54, 1.807) is 0 Å². The maximum absolute atomic E-state index is 13.0. The lowest BCUT2D eigenvalue weighted by Crippen LogP contribution is -2.39. The molecule has 82 valence electrons. The first kappa shape index (κ1) is 11.7. The molecule has 1 amide bonds. The van der Waals surface area contributed by atoms with Crippen LogP contribution in [0.3, 0.4) is 0 Å². The van der Waals surface area contributed by atoms with E-state index >= 15 is 0 Å². The SMILES string of the molecule is COC[C@H]1CC(F)(F)CN1C(=O)CCl. The van der Waals surface area contributed by atoms with Crippen molar-refractivity contribution in [3.63, 3.8) is 0 Å². The standard InChI is InChI=1S/C8H12ClF2NO2/c1-14-4-6-2-8(10,11)5-12(6)7(13)3-9/h6H,2-5H2,1H3/t6-/m1/s1. The third kappa shape index (κ3) is 2.54. The van der Waals surface area contributed by atoms with Crippen LogP contribution in [-0.4, -0.2) is 48.9 Å². The van der Waals surface area contributed by atoms with E-state index in [0.717, 1.165) is 4.90 Å². The van der Waals surface area contributed by atoms with Gasteiger partial charge in [0.25, 0.3) is 5.92 Å². The van der Waals surface area contributed by atoms with Gasteiger partial charge in [0.2, 0.25) is 5.91 Å². The maximum Gasteiger partial charge on any atom is 0.267 e. The van der Waals surface area contributed by atoms with Crippen molar-refractivity contribution in [1.82, 2.24) is 4.90 Å². The molecule has 1 saturated heterocycles. The first-order chi connectivity index (χ1) is 6.50. The maximum atomic E-state index is 13.0. The summed E-state index contributed by atoms with van der Waals surface area (Å²) in [7, 11) is 1.42. The van der Waals surface area contributed by atoms with Crippen LogP contribution in [0.5, 0.6) is 0 Å². The number of likely N-dealkylation sites (tertiary alicyclic amines) is 1. The van der Waals surface area contributed by atoms with Crippen molar-refractivity contribution in [2.75, 3.05) is 26.1 Å². The lowest BCUT2D eigenvalue weighted by Gasteiger charge is -2.21. The lowest BCUT2D eigenvalue weighted by atomic mass is 10.2. The minimum Gasteiger partial charge on any atom is -0.383 e. The zero-order valence-corrected chi connectivity index (χ0v) is 8.56. The molecule has 0 aromatic rings. The smallest absolute Gasteiger partial charge is 0.267 e. The van der Waals surface area contributed by atoms with E-state index in [4.69, 9.17) is 16.3 Å². The summed E-state index contributed by atoms with van der Waals surface area (Å²) < 4.78 is 30.7. The number of amides is 1. The average molecular weight is 228 g/mol. The van der Waals surface area contributed by atoms with E-state index in [9.17, 15) is 13.6 Å². The van der Waals surface area contributed by atoms with Gasteiger partial charge in [-0.25, -0.2) is 8.78 Å². The molecular weight excluding hydrogens is 216 g/mol. The van der Waals surface area contributed by atoms with Crippen LogP contribution in [0.2, 0.25) is 0 Å². The number of hydrogen-bond acceptors (Lipinski definition) is 2. The lowest BCUT2D eigenvalue weighted by molar-refractivity contribution is -0.131. The summed E-state index contributed by atoms with van der Waals surface area (Å²) in [4.78, 5) is 12.3. The highest BCUT2D eigenvalue weighted by Crippen LogP contribution is 2.32. The van der Waals surface area contributed by atoms with Crippen molar-refractivity contribution in [3.8, 4) is 0 Å². The predicted molar refractivity (Wildman–Crippen MR) is 47.7 cm³/mol. The molecule has 1 fully saturated rings. The van der Waals surface area contributed by atoms with Gasteiger partial charge in [0, 0.05) is 13.5 Å². The molecule has 0 aromatic heterocycles. The molecule has 0 aromatic carbocycles. The Morgan fingerprint density at radius 2 is 2.36 bits per heavy atom. The van der Waals surface area contributed by atoms with Gasteiger partial charge < -0.3 is 9.64 Å². The molecule has 0 N–H and O–H groups in total. The molecule has 1 heterocycles. The summed E-state index contributed by atoms with van der Waals surface area (Å²) in [6, 6.07) is -0.554. The molecular formula is C8H12ClF2NO2. The van der Waals surface area contributed by atoms with Crippen molar-refractivity contribution in [1.29, 1.82) is 0 Å². The number of nitrogens with zero attached hydrogens (tertiary/aromatic N) is 1. The van der Waals surface area contributed by atoms with E-state index in [1.165, 1.54) is 7.11 Å². The van der Waals surface area contributed by atoms with E-state index < -0.39 is 24.4 Å². The highest BCUT2D eigenvalue weighted by Gasteiger charge is 2.46. The number of hydrogen-bond donors (Lipinski definition) is 0. The molecule has 0 spiro atoms. The minimum atomic E-state index is -2.81. The van der Waals surface area contributed by atoms with Gasteiger partial charge in [-0.3, -0.25) is 4.79 Å². The molecule has 0 aliphatic carbocycles. The molecule has 3 nitrogen and oxygen atoms in total. The Balaban J connectivity index is 2.67. The van der Waals surface area contributed by atoms with Crippen molar-refractivity contribution in [2.24, 2.45) is 0 Å². The fourth-order valence-corrected chi connectivity index (χ4v) is 1.76. The Bertz CT molecular complexity index is 225. The van der Waals surface area contributed by atoms with Crippen LogP contribution in [0, 0.1) is 0 Å². The van der Waals surface area contributed by atoms with Crippen LogP contribution < -0.4 is 0 Å². The average Bonchev–Trinajstić information content (AvgIpc) is 2.41. The van der Waals surface area contributed by atoms with Crippen LogP contribution in [0.1, 0.15) is 6.42 Å². The largest absolute Gasteiger partial charge is 0.383 e. The molecule has 1 aliphatic heterocycles. The normalized spacial score (nSPS) is 25.4. The van der Waals surface area contributed by atoms with Gasteiger partial charge in [0.1, 0.15) is 5.88 Å². The van der Waals surface area contributed by atoms with E-state index in [-0.39, 0.29) is 18.9 Å². The summed E-state index contributed by atoms with van der Waals surface area (Å²) in [6.07, 6.45) is -0.344. The van der Waals surface area contributed by atoms with Gasteiger partial charge in [0.05, 0.1) is 19.2 Å². The quantitative estimate of drug-likeness (QED) is 0.676. The molecule has 14 heavy (non-hydrogen) atoms. The van der Waals surface area contributed by atoms with Crippen molar-refractivity contribution in [2.45, 2.75) is 18.4 Å². The monoisotopic (exact) mass is 227 g/mol. The Morgan fingerprint density at radius 3 is 2.86 bits per heavy atom. The van der Waals surface area contributed by atoms with Gasteiger partial charge >= 0.3 is 0 Å². The Hall–Kier alpha value is -0.420. The Labute approximate surface area is 86.0 Å². The Morgan fingerprint density at radius 1 is 1.71 bits per heavy atom. The van der Waals surface area contributed by atoms with Crippen LogP contribution >= 0.6 is 11.6 Å².